The molecule has 1 amide bonds. The third-order valence-corrected chi connectivity index (χ3v) is 5.06. The Morgan fingerprint density at radius 3 is 2.68 bits per heavy atom. The quantitative estimate of drug-likeness (QED) is 0.907. The molecule has 118 valence electrons. The lowest BCUT2D eigenvalue weighted by Crippen LogP contribution is -2.46. The fraction of sp³-hybridized carbons (Fsp3) is 0.500. The van der Waals surface area contributed by atoms with Crippen molar-refractivity contribution in [3.8, 4) is 0 Å². The first kappa shape index (κ1) is 15.3. The Bertz CT molecular complexity index is 621. The van der Waals surface area contributed by atoms with Crippen LogP contribution in [-0.2, 0) is 4.79 Å². The molecule has 6 heteroatoms. The number of halogens is 2. The molecule has 0 bridgehead atoms. The highest BCUT2D eigenvalue weighted by atomic mass is 35.5. The van der Waals surface area contributed by atoms with E-state index in [1.807, 2.05) is 0 Å². The number of amides is 1. The van der Waals surface area contributed by atoms with Crippen LogP contribution in [-0.4, -0.2) is 34.0 Å². The van der Waals surface area contributed by atoms with Crippen molar-refractivity contribution in [2.24, 2.45) is 5.92 Å². The molecule has 0 spiro atoms. The van der Waals surface area contributed by atoms with Crippen LogP contribution in [0, 0.1) is 11.7 Å². The summed E-state index contributed by atoms with van der Waals surface area (Å²) in [5.41, 5.74) is 0.240. The van der Waals surface area contributed by atoms with E-state index >= 15 is 0 Å². The summed E-state index contributed by atoms with van der Waals surface area (Å²) in [7, 11) is 0. The van der Waals surface area contributed by atoms with Gasteiger partial charge in [-0.3, -0.25) is 4.79 Å². The zero-order valence-electron chi connectivity index (χ0n) is 12.0. The van der Waals surface area contributed by atoms with E-state index in [1.54, 1.807) is 0 Å². The summed E-state index contributed by atoms with van der Waals surface area (Å²) in [6.07, 6.45) is 4.37. The lowest BCUT2D eigenvalue weighted by atomic mass is 9.84. The molecular weight excluding hydrogens is 309 g/mol. The maximum Gasteiger partial charge on any atom is 0.326 e. The average molecular weight is 326 g/mol. The standard InChI is InChI=1S/C16H17ClFNO3/c17-11-7-10(5-6-12(11)18)15(20)19-13-4-2-1-3-9(13)8-14(19)16(21)22/h5-7,9,13-14H,1-4,8H2,(H,21,22). The summed E-state index contributed by atoms with van der Waals surface area (Å²) in [4.78, 5) is 25.8. The van der Waals surface area contributed by atoms with Gasteiger partial charge in [0, 0.05) is 11.6 Å². The average Bonchev–Trinajstić information content (AvgIpc) is 2.89. The third kappa shape index (κ3) is 2.58. The van der Waals surface area contributed by atoms with Crippen LogP contribution in [0.3, 0.4) is 0 Å². The fourth-order valence-electron chi connectivity index (χ4n) is 3.75. The molecule has 1 N–H and O–H groups in total. The summed E-state index contributed by atoms with van der Waals surface area (Å²) < 4.78 is 13.3. The molecule has 3 unspecified atom stereocenters. The second kappa shape index (κ2) is 5.88. The number of hydrogen-bond donors (Lipinski definition) is 1. The van der Waals surface area contributed by atoms with Crippen LogP contribution in [0.5, 0.6) is 0 Å². The van der Waals surface area contributed by atoms with Crippen molar-refractivity contribution < 1.29 is 19.1 Å². The third-order valence-electron chi connectivity index (χ3n) is 4.77. The highest BCUT2D eigenvalue weighted by Crippen LogP contribution is 2.40. The summed E-state index contributed by atoms with van der Waals surface area (Å²) in [5.74, 6) is -1.70. The Morgan fingerprint density at radius 1 is 1.27 bits per heavy atom. The number of hydrogen-bond acceptors (Lipinski definition) is 2. The maximum absolute atomic E-state index is 13.3. The van der Waals surface area contributed by atoms with Crippen LogP contribution >= 0.6 is 11.6 Å². The number of benzene rings is 1. The van der Waals surface area contributed by atoms with Gasteiger partial charge in [0.2, 0.25) is 0 Å². The zero-order chi connectivity index (χ0) is 15.9. The topological polar surface area (TPSA) is 57.6 Å². The molecule has 1 aliphatic heterocycles. The van der Waals surface area contributed by atoms with Gasteiger partial charge in [0.1, 0.15) is 11.9 Å². The fourth-order valence-corrected chi connectivity index (χ4v) is 3.93. The molecule has 1 aliphatic carbocycles. The zero-order valence-corrected chi connectivity index (χ0v) is 12.7. The van der Waals surface area contributed by atoms with E-state index in [0.29, 0.717) is 6.42 Å². The Hall–Kier alpha value is -1.62. The van der Waals surface area contributed by atoms with Crippen LogP contribution in [0.25, 0.3) is 0 Å². The molecule has 1 aromatic carbocycles. The van der Waals surface area contributed by atoms with Crippen LogP contribution in [0.4, 0.5) is 4.39 Å². The van der Waals surface area contributed by atoms with Gasteiger partial charge in [0.05, 0.1) is 5.02 Å². The van der Waals surface area contributed by atoms with Gasteiger partial charge < -0.3 is 10.0 Å². The number of carbonyl (C=O) groups excluding carboxylic acids is 1. The number of carbonyl (C=O) groups is 2. The minimum atomic E-state index is -0.976. The van der Waals surface area contributed by atoms with Gasteiger partial charge >= 0.3 is 5.97 Å². The highest BCUT2D eigenvalue weighted by molar-refractivity contribution is 6.31. The smallest absolute Gasteiger partial charge is 0.326 e. The molecule has 1 saturated carbocycles. The van der Waals surface area contributed by atoms with Gasteiger partial charge in [0.15, 0.2) is 0 Å². The monoisotopic (exact) mass is 325 g/mol. The highest BCUT2D eigenvalue weighted by Gasteiger charge is 2.47. The van der Waals surface area contributed by atoms with Crippen molar-refractivity contribution in [2.75, 3.05) is 0 Å². The van der Waals surface area contributed by atoms with Gasteiger partial charge in [-0.05, 0) is 43.4 Å². The number of carboxylic acids is 1. The lowest BCUT2D eigenvalue weighted by Gasteiger charge is -2.33. The summed E-state index contributed by atoms with van der Waals surface area (Å²) in [6.45, 7) is 0. The Labute approximate surface area is 132 Å². The molecule has 22 heavy (non-hydrogen) atoms. The molecule has 0 radical (unpaired) electrons. The predicted octanol–water partition coefficient (Wildman–Crippen LogP) is 3.34. The van der Waals surface area contributed by atoms with Crippen molar-refractivity contribution in [3.63, 3.8) is 0 Å². The summed E-state index contributed by atoms with van der Waals surface area (Å²) in [5, 5.41) is 9.32. The first-order valence-electron chi connectivity index (χ1n) is 7.49. The van der Waals surface area contributed by atoms with Crippen molar-refractivity contribution in [1.82, 2.24) is 4.90 Å². The van der Waals surface area contributed by atoms with Gasteiger partial charge in [-0.25, -0.2) is 9.18 Å². The first-order valence-corrected chi connectivity index (χ1v) is 7.87. The first-order chi connectivity index (χ1) is 10.5. The summed E-state index contributed by atoms with van der Waals surface area (Å²) in [6, 6.07) is 2.93. The van der Waals surface area contributed by atoms with E-state index in [4.69, 9.17) is 11.6 Å². The minimum Gasteiger partial charge on any atom is -0.480 e. The molecule has 2 aliphatic rings. The van der Waals surface area contributed by atoms with E-state index in [0.717, 1.165) is 31.7 Å². The number of carboxylic acid groups (broad SMARTS) is 1. The van der Waals surface area contributed by atoms with Crippen LogP contribution < -0.4 is 0 Å². The number of likely N-dealkylation sites (tertiary alicyclic amines) is 1. The number of aliphatic carboxylic acids is 1. The molecule has 0 aromatic heterocycles. The predicted molar refractivity (Wildman–Crippen MR) is 79.4 cm³/mol. The van der Waals surface area contributed by atoms with E-state index in [2.05, 4.69) is 0 Å². The van der Waals surface area contributed by atoms with Gasteiger partial charge in [0.25, 0.3) is 5.91 Å². The second-order valence-corrected chi connectivity index (χ2v) is 6.45. The van der Waals surface area contributed by atoms with E-state index in [1.165, 1.54) is 17.0 Å². The molecule has 1 saturated heterocycles. The minimum absolute atomic E-state index is 0.0359. The molecule has 4 nitrogen and oxygen atoms in total. The Kier molecular flexibility index (Phi) is 4.08. The molecular formula is C16H17ClFNO3. The maximum atomic E-state index is 13.3. The van der Waals surface area contributed by atoms with Crippen LogP contribution in [0.15, 0.2) is 18.2 Å². The number of fused-ring (bicyclic) bond motifs is 1. The van der Waals surface area contributed by atoms with Crippen molar-refractivity contribution in [3.05, 3.63) is 34.6 Å². The van der Waals surface area contributed by atoms with E-state index in [-0.39, 0.29) is 28.5 Å². The van der Waals surface area contributed by atoms with Crippen LogP contribution in [0.2, 0.25) is 5.02 Å². The van der Waals surface area contributed by atoms with Gasteiger partial charge in [-0.1, -0.05) is 24.4 Å². The lowest BCUT2D eigenvalue weighted by molar-refractivity contribution is -0.141. The SMILES string of the molecule is O=C(O)C1CC2CCCCC2N1C(=O)c1ccc(F)c(Cl)c1. The van der Waals surface area contributed by atoms with Crippen LogP contribution in [0.1, 0.15) is 42.5 Å². The van der Waals surface area contributed by atoms with Crippen molar-refractivity contribution in [1.29, 1.82) is 0 Å². The number of rotatable bonds is 2. The van der Waals surface area contributed by atoms with Crippen molar-refractivity contribution >= 4 is 23.5 Å². The largest absolute Gasteiger partial charge is 0.480 e. The molecule has 2 fully saturated rings. The normalized spacial score (nSPS) is 27.5. The molecule has 3 rings (SSSR count). The Morgan fingerprint density at radius 2 is 2.00 bits per heavy atom. The van der Waals surface area contributed by atoms with Gasteiger partial charge in [-0.2, -0.15) is 0 Å². The second-order valence-electron chi connectivity index (χ2n) is 6.04. The molecule has 3 atom stereocenters. The van der Waals surface area contributed by atoms with Gasteiger partial charge in [-0.15, -0.1) is 0 Å². The Balaban J connectivity index is 1.93. The molecule has 1 heterocycles. The summed E-state index contributed by atoms with van der Waals surface area (Å²) >= 11 is 5.74. The van der Waals surface area contributed by atoms with E-state index in [9.17, 15) is 19.1 Å². The van der Waals surface area contributed by atoms with E-state index < -0.39 is 17.8 Å². The van der Waals surface area contributed by atoms with Crippen molar-refractivity contribution in [2.45, 2.75) is 44.2 Å². The molecule has 1 aromatic rings. The number of nitrogens with zero attached hydrogens (tertiary/aromatic N) is 1.